The smallest absolute Gasteiger partial charge is 0.246 e. The quantitative estimate of drug-likeness (QED) is 0.740. The zero-order valence-corrected chi connectivity index (χ0v) is 15.6. The van der Waals surface area contributed by atoms with Gasteiger partial charge in [0.25, 0.3) is 0 Å². The van der Waals surface area contributed by atoms with Crippen LogP contribution in [0.25, 0.3) is 6.08 Å². The summed E-state index contributed by atoms with van der Waals surface area (Å²) in [4.78, 5) is 13.9. The van der Waals surface area contributed by atoms with Crippen molar-refractivity contribution < 1.29 is 17.6 Å². The number of benzene rings is 2. The van der Waals surface area contributed by atoms with E-state index in [-0.39, 0.29) is 24.7 Å². The van der Waals surface area contributed by atoms with E-state index in [0.29, 0.717) is 18.7 Å². The minimum absolute atomic E-state index is 0.0467. The van der Waals surface area contributed by atoms with Crippen molar-refractivity contribution >= 4 is 22.0 Å². The first-order valence-electron chi connectivity index (χ1n) is 8.69. The summed E-state index contributed by atoms with van der Waals surface area (Å²) in [5.41, 5.74) is 1.08. The third-order valence-corrected chi connectivity index (χ3v) is 6.30. The molecule has 0 aromatic heterocycles. The Morgan fingerprint density at radius 1 is 0.963 bits per heavy atom. The van der Waals surface area contributed by atoms with Crippen LogP contribution in [-0.4, -0.2) is 49.7 Å². The molecule has 0 bridgehead atoms. The van der Waals surface area contributed by atoms with Gasteiger partial charge in [0.15, 0.2) is 0 Å². The Morgan fingerprint density at radius 3 is 2.26 bits per heavy atom. The third-order valence-electron chi connectivity index (χ3n) is 4.45. The van der Waals surface area contributed by atoms with Crippen molar-refractivity contribution in [2.45, 2.75) is 5.75 Å². The van der Waals surface area contributed by atoms with Crippen LogP contribution in [0.1, 0.15) is 11.1 Å². The lowest BCUT2D eigenvalue weighted by Gasteiger charge is -2.33. The van der Waals surface area contributed by atoms with Crippen molar-refractivity contribution in [1.82, 2.24) is 9.21 Å². The zero-order chi connectivity index (χ0) is 19.3. The van der Waals surface area contributed by atoms with Gasteiger partial charge in [-0.2, -0.15) is 4.31 Å². The molecule has 1 aliphatic heterocycles. The largest absolute Gasteiger partial charge is 0.337 e. The monoisotopic (exact) mass is 388 g/mol. The molecule has 7 heteroatoms. The van der Waals surface area contributed by atoms with Crippen LogP contribution in [0.5, 0.6) is 0 Å². The fourth-order valence-electron chi connectivity index (χ4n) is 2.94. The first-order valence-corrected chi connectivity index (χ1v) is 10.3. The number of hydrogen-bond acceptors (Lipinski definition) is 3. The molecule has 5 nitrogen and oxygen atoms in total. The van der Waals surface area contributed by atoms with Gasteiger partial charge >= 0.3 is 0 Å². The Balaban J connectivity index is 1.56. The Labute approximate surface area is 158 Å². The molecule has 0 saturated carbocycles. The van der Waals surface area contributed by atoms with Crippen LogP contribution in [-0.2, 0) is 20.6 Å². The second-order valence-electron chi connectivity index (χ2n) is 6.32. The van der Waals surface area contributed by atoms with Gasteiger partial charge in [0.05, 0.1) is 5.75 Å². The van der Waals surface area contributed by atoms with Gasteiger partial charge in [-0.15, -0.1) is 0 Å². The number of hydrogen-bond donors (Lipinski definition) is 0. The number of carbonyl (C=O) groups is 1. The van der Waals surface area contributed by atoms with Crippen molar-refractivity contribution in [3.8, 4) is 0 Å². The van der Waals surface area contributed by atoms with Gasteiger partial charge in [-0.3, -0.25) is 4.79 Å². The molecular weight excluding hydrogens is 367 g/mol. The molecule has 27 heavy (non-hydrogen) atoms. The molecule has 0 atom stereocenters. The normalized spacial score (nSPS) is 16.0. The number of amides is 1. The molecule has 3 rings (SSSR count). The van der Waals surface area contributed by atoms with E-state index in [1.54, 1.807) is 35.2 Å². The van der Waals surface area contributed by atoms with E-state index in [0.717, 1.165) is 5.56 Å². The van der Waals surface area contributed by atoms with Gasteiger partial charge in [0.2, 0.25) is 15.9 Å². The lowest BCUT2D eigenvalue weighted by Crippen LogP contribution is -2.50. The maximum atomic E-state index is 13.6. The number of piperazine rings is 1. The molecule has 1 aliphatic rings. The molecule has 0 radical (unpaired) electrons. The van der Waals surface area contributed by atoms with Gasteiger partial charge < -0.3 is 4.90 Å². The van der Waals surface area contributed by atoms with E-state index in [2.05, 4.69) is 0 Å². The van der Waals surface area contributed by atoms with Crippen molar-refractivity contribution in [3.05, 3.63) is 77.6 Å². The van der Waals surface area contributed by atoms with E-state index in [1.165, 1.54) is 22.5 Å². The van der Waals surface area contributed by atoms with Crippen LogP contribution >= 0.6 is 0 Å². The van der Waals surface area contributed by atoms with Crippen molar-refractivity contribution in [1.29, 1.82) is 0 Å². The fraction of sp³-hybridized carbons (Fsp3) is 0.250. The van der Waals surface area contributed by atoms with E-state index in [1.807, 2.05) is 18.2 Å². The number of halogens is 1. The summed E-state index contributed by atoms with van der Waals surface area (Å²) >= 11 is 0. The van der Waals surface area contributed by atoms with Gasteiger partial charge in [0.1, 0.15) is 5.82 Å². The van der Waals surface area contributed by atoms with Gasteiger partial charge in [-0.05, 0) is 17.7 Å². The summed E-state index contributed by atoms with van der Waals surface area (Å²) in [6.45, 7) is 1.14. The average molecular weight is 388 g/mol. The minimum atomic E-state index is -3.42. The maximum Gasteiger partial charge on any atom is 0.246 e. The zero-order valence-electron chi connectivity index (χ0n) is 14.8. The topological polar surface area (TPSA) is 57.7 Å². The predicted octanol–water partition coefficient (Wildman–Crippen LogP) is 2.51. The Kier molecular flexibility index (Phi) is 6.03. The van der Waals surface area contributed by atoms with E-state index in [4.69, 9.17) is 0 Å². The van der Waals surface area contributed by atoms with E-state index < -0.39 is 15.8 Å². The highest BCUT2D eigenvalue weighted by molar-refractivity contribution is 7.88. The van der Waals surface area contributed by atoms with Gasteiger partial charge in [0, 0.05) is 37.8 Å². The number of nitrogens with zero attached hydrogens (tertiary/aromatic N) is 2. The lowest BCUT2D eigenvalue weighted by atomic mass is 10.2. The van der Waals surface area contributed by atoms with Crippen molar-refractivity contribution in [3.63, 3.8) is 0 Å². The van der Waals surface area contributed by atoms with Crippen LogP contribution in [0, 0.1) is 5.82 Å². The van der Waals surface area contributed by atoms with Crippen molar-refractivity contribution in [2.75, 3.05) is 26.2 Å². The van der Waals surface area contributed by atoms with E-state index in [9.17, 15) is 17.6 Å². The molecule has 2 aromatic rings. The van der Waals surface area contributed by atoms with Crippen LogP contribution in [0.4, 0.5) is 4.39 Å². The maximum absolute atomic E-state index is 13.6. The molecule has 142 valence electrons. The summed E-state index contributed by atoms with van der Waals surface area (Å²) in [7, 11) is -3.42. The van der Waals surface area contributed by atoms with Crippen LogP contribution in [0.15, 0.2) is 60.7 Å². The SMILES string of the molecule is O=C(/C=C/c1ccccc1F)N1CCN(S(=O)(=O)Cc2ccccc2)CC1. The first kappa shape index (κ1) is 19.3. The highest BCUT2D eigenvalue weighted by atomic mass is 32.2. The molecule has 1 saturated heterocycles. The first-order chi connectivity index (χ1) is 13.0. The Hall–Kier alpha value is -2.51. The molecule has 1 heterocycles. The van der Waals surface area contributed by atoms with Crippen LogP contribution in [0.2, 0.25) is 0 Å². The molecule has 0 spiro atoms. The average Bonchev–Trinajstić information content (AvgIpc) is 2.68. The summed E-state index contributed by atoms with van der Waals surface area (Å²) in [6, 6.07) is 15.2. The summed E-state index contributed by atoms with van der Waals surface area (Å²) in [5.74, 6) is -0.689. The summed E-state index contributed by atoms with van der Waals surface area (Å²) < 4.78 is 40.1. The molecule has 0 unspecified atom stereocenters. The third kappa shape index (κ3) is 5.02. The predicted molar refractivity (Wildman–Crippen MR) is 103 cm³/mol. The van der Waals surface area contributed by atoms with Gasteiger partial charge in [-0.1, -0.05) is 48.5 Å². The molecule has 0 N–H and O–H groups in total. The Morgan fingerprint density at radius 2 is 1.59 bits per heavy atom. The second kappa shape index (κ2) is 8.45. The highest BCUT2D eigenvalue weighted by Crippen LogP contribution is 2.14. The molecule has 0 aliphatic carbocycles. The van der Waals surface area contributed by atoms with Crippen molar-refractivity contribution in [2.24, 2.45) is 0 Å². The van der Waals surface area contributed by atoms with E-state index >= 15 is 0 Å². The van der Waals surface area contributed by atoms with Crippen LogP contribution < -0.4 is 0 Å². The second-order valence-corrected chi connectivity index (χ2v) is 8.29. The molecule has 1 fully saturated rings. The highest BCUT2D eigenvalue weighted by Gasteiger charge is 2.28. The standard InChI is InChI=1S/C20H21FN2O3S/c21-19-9-5-4-8-18(19)10-11-20(24)22-12-14-23(15-13-22)27(25,26)16-17-6-2-1-3-7-17/h1-11H,12-16H2/b11-10+. The molecular formula is C20H21FN2O3S. The van der Waals surface area contributed by atoms with Gasteiger partial charge in [-0.25, -0.2) is 12.8 Å². The summed E-state index contributed by atoms with van der Waals surface area (Å²) in [5, 5.41) is 0. The fourth-order valence-corrected chi connectivity index (χ4v) is 4.46. The Bertz CT molecular complexity index is 921. The molecule has 1 amide bonds. The number of sulfonamides is 1. The lowest BCUT2D eigenvalue weighted by molar-refractivity contribution is -0.127. The van der Waals surface area contributed by atoms with Crippen LogP contribution in [0.3, 0.4) is 0 Å². The molecule has 2 aromatic carbocycles. The number of rotatable bonds is 5. The number of carbonyl (C=O) groups excluding carboxylic acids is 1. The summed E-state index contributed by atoms with van der Waals surface area (Å²) in [6.07, 6.45) is 2.77. The minimum Gasteiger partial charge on any atom is -0.337 e.